The second-order valence-corrected chi connectivity index (χ2v) is 6.95. The number of ketones is 1. The molecule has 1 aromatic carbocycles. The molecule has 1 N–H and O–H groups in total. The number of hydrogen-bond acceptors (Lipinski definition) is 6. The minimum Gasteiger partial charge on any atom is -0.503 e. The highest BCUT2D eigenvalue weighted by Gasteiger charge is 2.44. The summed E-state index contributed by atoms with van der Waals surface area (Å²) in [5.41, 5.74) is 0.669. The van der Waals surface area contributed by atoms with Gasteiger partial charge in [-0.15, -0.1) is 0 Å². The van der Waals surface area contributed by atoms with Crippen LogP contribution in [0.2, 0.25) is 0 Å². The van der Waals surface area contributed by atoms with Crippen LogP contribution in [0.5, 0.6) is 5.75 Å². The molecule has 7 heteroatoms. The number of aliphatic hydroxyl groups is 1. The quantitative estimate of drug-likeness (QED) is 0.518. The molecule has 0 saturated heterocycles. The Balaban J connectivity index is 2.04. The first-order valence-electron chi connectivity index (χ1n) is 9.24. The molecular weight excluding hydrogens is 372 g/mol. The summed E-state index contributed by atoms with van der Waals surface area (Å²) in [7, 11) is 3.78. The zero-order chi connectivity index (χ0) is 21.0. The second kappa shape index (κ2) is 8.79. The highest BCUT2D eigenvalue weighted by molar-refractivity contribution is 6.15. The largest absolute Gasteiger partial charge is 0.503 e. The van der Waals surface area contributed by atoms with E-state index in [1.54, 1.807) is 36.4 Å². The lowest BCUT2D eigenvalue weighted by Gasteiger charge is -2.28. The molecule has 1 amide bonds. The van der Waals surface area contributed by atoms with Crippen LogP contribution < -0.4 is 4.74 Å². The molecule has 152 valence electrons. The van der Waals surface area contributed by atoms with Crippen LogP contribution in [-0.2, 0) is 4.79 Å². The first-order chi connectivity index (χ1) is 13.9. The fourth-order valence-electron chi connectivity index (χ4n) is 3.24. The lowest BCUT2D eigenvalue weighted by atomic mass is 9.95. The molecule has 0 bridgehead atoms. The van der Waals surface area contributed by atoms with Gasteiger partial charge in [-0.1, -0.05) is 24.8 Å². The highest BCUT2D eigenvalue weighted by Crippen LogP contribution is 2.39. The number of likely N-dealkylation sites (N-methyl/N-ethyl adjacent to an activating group) is 1. The van der Waals surface area contributed by atoms with Gasteiger partial charge in [-0.2, -0.15) is 0 Å². The molecule has 0 spiro atoms. The van der Waals surface area contributed by atoms with Crippen molar-refractivity contribution < 1.29 is 23.8 Å². The number of carbonyl (C=O) groups excluding carboxylic acids is 2. The van der Waals surface area contributed by atoms with Gasteiger partial charge in [0.25, 0.3) is 5.91 Å². The number of nitrogens with zero attached hydrogens (tertiary/aromatic N) is 2. The molecule has 0 saturated carbocycles. The van der Waals surface area contributed by atoms with Gasteiger partial charge in [-0.3, -0.25) is 9.59 Å². The number of hydrogen-bond donors (Lipinski definition) is 1. The lowest BCUT2D eigenvalue weighted by Crippen LogP contribution is -2.36. The van der Waals surface area contributed by atoms with Crippen LogP contribution in [0.25, 0.3) is 0 Å². The smallest absolute Gasteiger partial charge is 0.290 e. The Hall–Kier alpha value is -3.32. The van der Waals surface area contributed by atoms with Gasteiger partial charge in [0.1, 0.15) is 12.4 Å². The zero-order valence-electron chi connectivity index (χ0n) is 16.5. The van der Waals surface area contributed by atoms with Crippen molar-refractivity contribution in [2.75, 3.05) is 33.8 Å². The van der Waals surface area contributed by atoms with E-state index in [1.807, 2.05) is 19.0 Å². The van der Waals surface area contributed by atoms with Crippen LogP contribution in [0.1, 0.15) is 22.2 Å². The number of ether oxygens (including phenoxy) is 1. The standard InChI is InChI=1S/C22H24N2O5/c1-4-12-28-16-8-5-7-15(14-16)19-18(20(25)17-9-6-13-29-17)21(26)22(27)24(19)11-10-23(2)3/h4-9,13-14,19,26H,1,10-12H2,2-3H3/t19-/m0/s1. The fraction of sp³-hybridized carbons (Fsp3) is 0.273. The van der Waals surface area contributed by atoms with Crippen molar-refractivity contribution in [2.45, 2.75) is 6.04 Å². The van der Waals surface area contributed by atoms with E-state index < -0.39 is 23.5 Å². The van der Waals surface area contributed by atoms with E-state index in [0.717, 1.165) is 0 Å². The summed E-state index contributed by atoms with van der Waals surface area (Å²) in [5, 5.41) is 10.6. The second-order valence-electron chi connectivity index (χ2n) is 6.95. The Labute approximate surface area is 169 Å². The van der Waals surface area contributed by atoms with Gasteiger partial charge in [0.2, 0.25) is 5.78 Å². The van der Waals surface area contributed by atoms with Crippen molar-refractivity contribution in [3.8, 4) is 5.75 Å². The van der Waals surface area contributed by atoms with Crippen molar-refractivity contribution >= 4 is 11.7 Å². The summed E-state index contributed by atoms with van der Waals surface area (Å²) in [6.07, 6.45) is 3.01. The zero-order valence-corrected chi connectivity index (χ0v) is 16.5. The Morgan fingerprint density at radius 3 is 2.79 bits per heavy atom. The third-order valence-corrected chi connectivity index (χ3v) is 4.62. The molecule has 0 fully saturated rings. The molecule has 1 aliphatic rings. The van der Waals surface area contributed by atoms with E-state index in [0.29, 0.717) is 31.0 Å². The van der Waals surface area contributed by atoms with Gasteiger partial charge in [0.15, 0.2) is 11.5 Å². The van der Waals surface area contributed by atoms with Crippen molar-refractivity contribution in [3.05, 3.63) is 78.0 Å². The van der Waals surface area contributed by atoms with Crippen LogP contribution in [0.15, 0.2) is 71.1 Å². The summed E-state index contributed by atoms with van der Waals surface area (Å²) < 4.78 is 10.8. The Bertz CT molecular complexity index is 930. The molecule has 1 atom stereocenters. The monoisotopic (exact) mass is 396 g/mol. The SMILES string of the molecule is C=CCOc1cccc([C@H]2C(C(=O)c3ccco3)=C(O)C(=O)N2CCN(C)C)c1. The highest BCUT2D eigenvalue weighted by atomic mass is 16.5. The van der Waals surface area contributed by atoms with E-state index in [9.17, 15) is 14.7 Å². The Morgan fingerprint density at radius 2 is 2.14 bits per heavy atom. The number of aliphatic hydroxyl groups excluding tert-OH is 1. The van der Waals surface area contributed by atoms with Crippen molar-refractivity contribution in [1.82, 2.24) is 9.80 Å². The number of rotatable bonds is 9. The number of Topliss-reactive ketones (excluding diaryl/α,β-unsaturated/α-hetero) is 1. The summed E-state index contributed by atoms with van der Waals surface area (Å²) in [6.45, 7) is 4.88. The van der Waals surface area contributed by atoms with Crippen LogP contribution >= 0.6 is 0 Å². The third kappa shape index (κ3) is 4.25. The predicted octanol–water partition coefficient (Wildman–Crippen LogP) is 2.98. The number of amides is 1. The van der Waals surface area contributed by atoms with E-state index in [1.165, 1.54) is 17.2 Å². The fourth-order valence-corrected chi connectivity index (χ4v) is 3.24. The van der Waals surface area contributed by atoms with Crippen LogP contribution in [-0.4, -0.2) is 60.4 Å². The topological polar surface area (TPSA) is 83.2 Å². The maximum atomic E-state index is 13.0. The van der Waals surface area contributed by atoms with Gasteiger partial charge in [-0.05, 0) is 43.9 Å². The summed E-state index contributed by atoms with van der Waals surface area (Å²) in [6, 6.07) is 9.49. The first-order valence-corrected chi connectivity index (χ1v) is 9.24. The number of carbonyl (C=O) groups is 2. The molecule has 1 aromatic heterocycles. The molecule has 0 aliphatic carbocycles. The van der Waals surface area contributed by atoms with Gasteiger partial charge in [0, 0.05) is 13.1 Å². The predicted molar refractivity (Wildman–Crippen MR) is 108 cm³/mol. The lowest BCUT2D eigenvalue weighted by molar-refractivity contribution is -0.129. The molecule has 3 rings (SSSR count). The van der Waals surface area contributed by atoms with Gasteiger partial charge >= 0.3 is 0 Å². The van der Waals surface area contributed by atoms with Crippen molar-refractivity contribution in [1.29, 1.82) is 0 Å². The van der Waals surface area contributed by atoms with E-state index in [4.69, 9.17) is 9.15 Å². The van der Waals surface area contributed by atoms with Crippen LogP contribution in [0.4, 0.5) is 0 Å². The molecule has 2 aromatic rings. The Kier molecular flexibility index (Phi) is 6.19. The number of benzene rings is 1. The third-order valence-electron chi connectivity index (χ3n) is 4.62. The van der Waals surface area contributed by atoms with Gasteiger partial charge < -0.3 is 24.1 Å². The van der Waals surface area contributed by atoms with Crippen molar-refractivity contribution in [2.24, 2.45) is 0 Å². The van der Waals surface area contributed by atoms with Crippen LogP contribution in [0.3, 0.4) is 0 Å². The summed E-state index contributed by atoms with van der Waals surface area (Å²) in [4.78, 5) is 29.3. The van der Waals surface area contributed by atoms with E-state index in [2.05, 4.69) is 6.58 Å². The maximum absolute atomic E-state index is 13.0. The first kappa shape index (κ1) is 20.4. The van der Waals surface area contributed by atoms with Gasteiger partial charge in [0.05, 0.1) is 17.9 Å². The molecule has 29 heavy (non-hydrogen) atoms. The van der Waals surface area contributed by atoms with Crippen molar-refractivity contribution in [3.63, 3.8) is 0 Å². The normalized spacial score (nSPS) is 16.6. The number of furan rings is 1. The molecule has 0 unspecified atom stereocenters. The minimum atomic E-state index is -0.743. The minimum absolute atomic E-state index is 0.00424. The molecule has 0 radical (unpaired) electrons. The van der Waals surface area contributed by atoms with Crippen LogP contribution in [0, 0.1) is 0 Å². The molecule has 7 nitrogen and oxygen atoms in total. The van der Waals surface area contributed by atoms with E-state index in [-0.39, 0.29) is 11.3 Å². The average Bonchev–Trinajstić information content (AvgIpc) is 3.32. The van der Waals surface area contributed by atoms with E-state index >= 15 is 0 Å². The maximum Gasteiger partial charge on any atom is 0.290 e. The molecule has 1 aliphatic heterocycles. The molecular formula is C22H24N2O5. The average molecular weight is 396 g/mol. The molecule has 2 heterocycles. The van der Waals surface area contributed by atoms with Gasteiger partial charge in [-0.25, -0.2) is 0 Å². The Morgan fingerprint density at radius 1 is 1.34 bits per heavy atom. The summed E-state index contributed by atoms with van der Waals surface area (Å²) >= 11 is 0. The summed E-state index contributed by atoms with van der Waals surface area (Å²) in [5.74, 6) is -0.996.